The van der Waals surface area contributed by atoms with Gasteiger partial charge in [0.15, 0.2) is 0 Å². The summed E-state index contributed by atoms with van der Waals surface area (Å²) in [5.74, 6) is 0. The minimum Gasteiger partial charge on any atom is -0.380 e. The van der Waals surface area contributed by atoms with Crippen molar-refractivity contribution in [2.24, 2.45) is 0 Å². The van der Waals surface area contributed by atoms with Crippen molar-refractivity contribution in [3.8, 4) is 0 Å². The molecule has 88 valence electrons. The van der Waals surface area contributed by atoms with Crippen LogP contribution in [0.15, 0.2) is 24.3 Å². The van der Waals surface area contributed by atoms with E-state index in [0.29, 0.717) is 6.61 Å². The molecular formula is C13H20N2O. The Morgan fingerprint density at radius 3 is 2.75 bits per heavy atom. The van der Waals surface area contributed by atoms with Crippen LogP contribution in [0.1, 0.15) is 11.1 Å². The van der Waals surface area contributed by atoms with Gasteiger partial charge in [-0.1, -0.05) is 24.3 Å². The normalized spacial score (nSPS) is 17.6. The van der Waals surface area contributed by atoms with E-state index in [9.17, 15) is 0 Å². The number of piperazine rings is 1. The monoisotopic (exact) mass is 220 g/mol. The summed E-state index contributed by atoms with van der Waals surface area (Å²) in [5, 5.41) is 3.37. The molecule has 2 rings (SSSR count). The molecule has 1 aliphatic heterocycles. The van der Waals surface area contributed by atoms with Crippen LogP contribution in [0.4, 0.5) is 0 Å². The SMILES string of the molecule is COCc1cccc(CN2CCNCC2)c1. The quantitative estimate of drug-likeness (QED) is 0.826. The van der Waals surface area contributed by atoms with E-state index < -0.39 is 0 Å². The maximum atomic E-state index is 5.15. The van der Waals surface area contributed by atoms with Gasteiger partial charge in [0.1, 0.15) is 0 Å². The molecule has 0 bridgehead atoms. The number of ether oxygens (including phenoxy) is 1. The van der Waals surface area contributed by atoms with Crippen molar-refractivity contribution in [3.63, 3.8) is 0 Å². The first-order valence-electron chi connectivity index (χ1n) is 5.88. The number of hydrogen-bond donors (Lipinski definition) is 1. The molecule has 0 aliphatic carbocycles. The Morgan fingerprint density at radius 1 is 1.25 bits per heavy atom. The highest BCUT2D eigenvalue weighted by Crippen LogP contribution is 2.09. The third-order valence-electron chi connectivity index (χ3n) is 2.92. The summed E-state index contributed by atoms with van der Waals surface area (Å²) in [5.41, 5.74) is 2.64. The fourth-order valence-corrected chi connectivity index (χ4v) is 2.11. The van der Waals surface area contributed by atoms with Gasteiger partial charge in [0.2, 0.25) is 0 Å². The van der Waals surface area contributed by atoms with E-state index in [2.05, 4.69) is 34.5 Å². The molecule has 1 aromatic rings. The van der Waals surface area contributed by atoms with Crippen LogP contribution in [0.3, 0.4) is 0 Å². The van der Waals surface area contributed by atoms with Gasteiger partial charge >= 0.3 is 0 Å². The predicted molar refractivity (Wildman–Crippen MR) is 65.3 cm³/mol. The van der Waals surface area contributed by atoms with E-state index in [1.807, 2.05) is 0 Å². The molecule has 1 N–H and O–H groups in total. The molecular weight excluding hydrogens is 200 g/mol. The third-order valence-corrected chi connectivity index (χ3v) is 2.92. The Bertz CT molecular complexity index is 321. The molecule has 0 radical (unpaired) electrons. The predicted octanol–water partition coefficient (Wildman–Crippen LogP) is 1.24. The highest BCUT2D eigenvalue weighted by Gasteiger charge is 2.09. The largest absolute Gasteiger partial charge is 0.380 e. The van der Waals surface area contributed by atoms with Gasteiger partial charge < -0.3 is 10.1 Å². The zero-order chi connectivity index (χ0) is 11.2. The van der Waals surface area contributed by atoms with Crippen LogP contribution in [0.2, 0.25) is 0 Å². The van der Waals surface area contributed by atoms with Gasteiger partial charge in [0, 0.05) is 39.8 Å². The summed E-state index contributed by atoms with van der Waals surface area (Å²) in [4.78, 5) is 2.49. The van der Waals surface area contributed by atoms with Gasteiger partial charge in [-0.05, 0) is 11.1 Å². The molecule has 1 aliphatic rings. The van der Waals surface area contributed by atoms with Crippen molar-refractivity contribution in [3.05, 3.63) is 35.4 Å². The highest BCUT2D eigenvalue weighted by atomic mass is 16.5. The van der Waals surface area contributed by atoms with Gasteiger partial charge in [-0.15, -0.1) is 0 Å². The lowest BCUT2D eigenvalue weighted by Gasteiger charge is -2.27. The highest BCUT2D eigenvalue weighted by molar-refractivity contribution is 5.23. The molecule has 1 aromatic carbocycles. The average Bonchev–Trinajstić information content (AvgIpc) is 2.31. The average molecular weight is 220 g/mol. The van der Waals surface area contributed by atoms with Crippen molar-refractivity contribution in [1.82, 2.24) is 10.2 Å². The van der Waals surface area contributed by atoms with Crippen LogP contribution in [0, 0.1) is 0 Å². The molecule has 1 saturated heterocycles. The van der Waals surface area contributed by atoms with Gasteiger partial charge in [-0.25, -0.2) is 0 Å². The topological polar surface area (TPSA) is 24.5 Å². The maximum absolute atomic E-state index is 5.15. The Kier molecular flexibility index (Phi) is 4.34. The van der Waals surface area contributed by atoms with Gasteiger partial charge in [0.25, 0.3) is 0 Å². The van der Waals surface area contributed by atoms with Crippen molar-refractivity contribution < 1.29 is 4.74 Å². The molecule has 1 heterocycles. The van der Waals surface area contributed by atoms with E-state index in [0.717, 1.165) is 32.7 Å². The van der Waals surface area contributed by atoms with Crippen LogP contribution in [0.5, 0.6) is 0 Å². The Hall–Kier alpha value is -0.900. The minimum absolute atomic E-state index is 0.704. The minimum atomic E-state index is 0.704. The standard InChI is InChI=1S/C13H20N2O/c1-16-11-13-4-2-3-12(9-13)10-15-7-5-14-6-8-15/h2-4,9,14H,5-8,10-11H2,1H3. The van der Waals surface area contributed by atoms with Crippen LogP contribution in [-0.2, 0) is 17.9 Å². The molecule has 0 spiro atoms. The van der Waals surface area contributed by atoms with E-state index in [4.69, 9.17) is 4.74 Å². The summed E-state index contributed by atoms with van der Waals surface area (Å²) in [6.45, 7) is 6.27. The summed E-state index contributed by atoms with van der Waals surface area (Å²) in [6, 6.07) is 8.67. The Morgan fingerprint density at radius 2 is 2.00 bits per heavy atom. The van der Waals surface area contributed by atoms with Gasteiger partial charge in [0.05, 0.1) is 6.61 Å². The lowest BCUT2D eigenvalue weighted by molar-refractivity contribution is 0.184. The first-order chi connectivity index (χ1) is 7.88. The van der Waals surface area contributed by atoms with Gasteiger partial charge in [-0.3, -0.25) is 4.90 Å². The molecule has 0 amide bonds. The van der Waals surface area contributed by atoms with Crippen LogP contribution < -0.4 is 5.32 Å². The van der Waals surface area contributed by atoms with E-state index in [1.54, 1.807) is 7.11 Å². The van der Waals surface area contributed by atoms with Crippen LogP contribution in [-0.4, -0.2) is 38.2 Å². The summed E-state index contributed by atoms with van der Waals surface area (Å²) >= 11 is 0. The second kappa shape index (κ2) is 5.99. The van der Waals surface area contributed by atoms with Crippen LogP contribution in [0.25, 0.3) is 0 Å². The first-order valence-corrected chi connectivity index (χ1v) is 5.88. The number of nitrogens with one attached hydrogen (secondary N) is 1. The molecule has 0 aromatic heterocycles. The molecule has 0 atom stereocenters. The summed E-state index contributed by atoms with van der Waals surface area (Å²) in [6.07, 6.45) is 0. The lowest BCUT2D eigenvalue weighted by Crippen LogP contribution is -2.42. The fourth-order valence-electron chi connectivity index (χ4n) is 2.11. The second-order valence-corrected chi connectivity index (χ2v) is 4.28. The van der Waals surface area contributed by atoms with Crippen molar-refractivity contribution in [2.75, 3.05) is 33.3 Å². The molecule has 16 heavy (non-hydrogen) atoms. The Labute approximate surface area is 97.4 Å². The summed E-state index contributed by atoms with van der Waals surface area (Å²) in [7, 11) is 1.74. The number of methoxy groups -OCH3 is 1. The first kappa shape index (κ1) is 11.6. The number of rotatable bonds is 4. The van der Waals surface area contributed by atoms with Crippen molar-refractivity contribution in [2.45, 2.75) is 13.2 Å². The fraction of sp³-hybridized carbons (Fsp3) is 0.538. The third kappa shape index (κ3) is 3.30. The number of benzene rings is 1. The van der Waals surface area contributed by atoms with Gasteiger partial charge in [-0.2, -0.15) is 0 Å². The zero-order valence-corrected chi connectivity index (χ0v) is 9.91. The molecule has 1 fully saturated rings. The van der Waals surface area contributed by atoms with E-state index in [1.165, 1.54) is 11.1 Å². The zero-order valence-electron chi connectivity index (χ0n) is 9.91. The summed E-state index contributed by atoms with van der Waals surface area (Å²) < 4.78 is 5.15. The smallest absolute Gasteiger partial charge is 0.0713 e. The molecule has 0 saturated carbocycles. The molecule has 0 unspecified atom stereocenters. The lowest BCUT2D eigenvalue weighted by atomic mass is 10.1. The molecule has 3 heteroatoms. The van der Waals surface area contributed by atoms with E-state index >= 15 is 0 Å². The van der Waals surface area contributed by atoms with Crippen molar-refractivity contribution >= 4 is 0 Å². The van der Waals surface area contributed by atoms with Crippen LogP contribution >= 0.6 is 0 Å². The maximum Gasteiger partial charge on any atom is 0.0713 e. The molecule has 3 nitrogen and oxygen atoms in total. The van der Waals surface area contributed by atoms with E-state index in [-0.39, 0.29) is 0 Å². The Balaban J connectivity index is 1.94. The second-order valence-electron chi connectivity index (χ2n) is 4.28. The van der Waals surface area contributed by atoms with Crippen molar-refractivity contribution in [1.29, 1.82) is 0 Å². The number of hydrogen-bond acceptors (Lipinski definition) is 3. The number of nitrogens with zero attached hydrogens (tertiary/aromatic N) is 1.